The molecule has 2 nitrogen and oxygen atoms in total. The molecule has 0 atom stereocenters. The van der Waals surface area contributed by atoms with Gasteiger partial charge in [-0.15, -0.1) is 0 Å². The molecule has 2 aliphatic rings. The molecule has 0 radical (unpaired) electrons. The van der Waals surface area contributed by atoms with Gasteiger partial charge in [0, 0.05) is 27.1 Å². The van der Waals surface area contributed by atoms with E-state index in [4.69, 9.17) is 9.98 Å². The zero-order chi connectivity index (χ0) is 26.2. The van der Waals surface area contributed by atoms with Crippen molar-refractivity contribution in [3.8, 4) is 33.4 Å². The lowest BCUT2D eigenvalue weighted by atomic mass is 9.84. The summed E-state index contributed by atoms with van der Waals surface area (Å²) in [5.41, 5.74) is 9.16. The molecule has 7 aromatic carbocycles. The maximum atomic E-state index is 5.17. The van der Waals surface area contributed by atoms with E-state index in [1.54, 1.807) is 0 Å². The molecule has 0 saturated heterocycles. The van der Waals surface area contributed by atoms with Crippen molar-refractivity contribution in [2.45, 2.75) is 0 Å². The normalized spacial score (nSPS) is 12.4. The summed E-state index contributed by atoms with van der Waals surface area (Å²) in [5, 5.41) is 9.35. The molecule has 0 fully saturated rings. The van der Waals surface area contributed by atoms with E-state index in [1.807, 2.05) is 0 Å². The van der Waals surface area contributed by atoms with Crippen molar-refractivity contribution in [2.24, 2.45) is 9.98 Å². The van der Waals surface area contributed by atoms with Crippen LogP contribution < -0.4 is 10.7 Å². The summed E-state index contributed by atoms with van der Waals surface area (Å²) in [4.78, 5) is 10.3. The maximum absolute atomic E-state index is 5.17. The van der Waals surface area contributed by atoms with Crippen molar-refractivity contribution in [3.05, 3.63) is 155 Å². The fraction of sp³-hybridized carbons (Fsp3) is 0. The molecular weight excluding hydrogens is 484 g/mol. The fourth-order valence-corrected chi connectivity index (χ4v) is 6.56. The topological polar surface area (TPSA) is 24.7 Å². The highest BCUT2D eigenvalue weighted by molar-refractivity contribution is 6.12. The molecule has 0 unspecified atom stereocenters. The lowest BCUT2D eigenvalue weighted by Crippen LogP contribution is -2.01. The Bertz CT molecular complexity index is 2420. The molecule has 7 aromatic rings. The van der Waals surface area contributed by atoms with Crippen LogP contribution in [0.2, 0.25) is 0 Å². The van der Waals surface area contributed by atoms with Crippen molar-refractivity contribution in [3.63, 3.8) is 0 Å². The van der Waals surface area contributed by atoms with Gasteiger partial charge in [-0.1, -0.05) is 97.1 Å². The van der Waals surface area contributed by atoms with Gasteiger partial charge in [-0.3, -0.25) is 0 Å². The third kappa shape index (κ3) is 2.99. The fourth-order valence-electron chi connectivity index (χ4n) is 6.56. The average Bonchev–Trinajstić information content (AvgIpc) is 3.58. The smallest absolute Gasteiger partial charge is 0.0817 e. The Morgan fingerprint density at radius 1 is 0.400 bits per heavy atom. The van der Waals surface area contributed by atoms with E-state index in [1.165, 1.54) is 59.8 Å². The second-order valence-electron chi connectivity index (χ2n) is 10.6. The highest BCUT2D eigenvalue weighted by Gasteiger charge is 2.27. The van der Waals surface area contributed by atoms with Gasteiger partial charge in [-0.2, -0.15) is 0 Å². The van der Waals surface area contributed by atoms with Crippen molar-refractivity contribution in [1.29, 1.82) is 0 Å². The molecule has 0 aliphatic carbocycles. The number of para-hydroxylation sites is 1. The number of hydrogen-bond acceptors (Lipinski definition) is 2. The summed E-state index contributed by atoms with van der Waals surface area (Å²) in [7, 11) is 0. The number of hydrogen-bond donors (Lipinski definition) is 0. The van der Waals surface area contributed by atoms with E-state index < -0.39 is 0 Å². The minimum absolute atomic E-state index is 0.988. The van der Waals surface area contributed by atoms with Gasteiger partial charge in [-0.05, 0) is 74.6 Å². The average molecular weight is 507 g/mol. The van der Waals surface area contributed by atoms with Crippen LogP contribution in [-0.4, -0.2) is 0 Å². The standard InChI is InChI=1S/C38H22N2/c1-2-9-23(10-3-1)27-17-19-33-36(37-34(39-33)20-18-30-28-14-6-7-16-32(28)40-38(30)37)35(27)29-15-8-13-26-21-24-11-4-5-12-25(24)22-31(26)29/h1-22H. The molecule has 9 rings (SSSR count). The zero-order valence-corrected chi connectivity index (χ0v) is 21.6. The summed E-state index contributed by atoms with van der Waals surface area (Å²) in [6.45, 7) is 0. The Labute approximate surface area is 230 Å². The van der Waals surface area contributed by atoms with E-state index in [0.717, 1.165) is 27.7 Å². The maximum Gasteiger partial charge on any atom is 0.0817 e. The van der Waals surface area contributed by atoms with Crippen molar-refractivity contribution in [2.75, 3.05) is 0 Å². The van der Waals surface area contributed by atoms with Gasteiger partial charge in [-0.25, -0.2) is 9.98 Å². The first-order chi connectivity index (χ1) is 19.8. The lowest BCUT2D eigenvalue weighted by molar-refractivity contribution is 1.36. The molecule has 0 spiro atoms. The third-order valence-electron chi connectivity index (χ3n) is 8.36. The van der Waals surface area contributed by atoms with Crippen LogP contribution in [0.5, 0.6) is 0 Å². The Morgan fingerprint density at radius 2 is 1.18 bits per heavy atom. The van der Waals surface area contributed by atoms with E-state index in [0.29, 0.717) is 0 Å². The van der Waals surface area contributed by atoms with Crippen LogP contribution in [0.4, 0.5) is 11.4 Å². The molecule has 2 heterocycles. The summed E-state index contributed by atoms with van der Waals surface area (Å²) in [5.74, 6) is 0. The molecule has 2 aliphatic heterocycles. The van der Waals surface area contributed by atoms with Gasteiger partial charge in [0.2, 0.25) is 0 Å². The van der Waals surface area contributed by atoms with E-state index in [2.05, 4.69) is 133 Å². The summed E-state index contributed by atoms with van der Waals surface area (Å²) < 4.78 is 0. The van der Waals surface area contributed by atoms with Crippen LogP contribution in [0.3, 0.4) is 0 Å². The quantitative estimate of drug-likeness (QED) is 0.209. The van der Waals surface area contributed by atoms with Gasteiger partial charge in [0.25, 0.3) is 0 Å². The second-order valence-corrected chi connectivity index (χ2v) is 10.6. The monoisotopic (exact) mass is 506 g/mol. The van der Waals surface area contributed by atoms with Gasteiger partial charge >= 0.3 is 0 Å². The molecule has 0 N–H and O–H groups in total. The van der Waals surface area contributed by atoms with Crippen molar-refractivity contribution >= 4 is 32.9 Å². The first-order valence-electron chi connectivity index (χ1n) is 13.7. The molecule has 0 bridgehead atoms. The minimum Gasteiger partial charge on any atom is -0.248 e. The first kappa shape index (κ1) is 21.6. The van der Waals surface area contributed by atoms with E-state index >= 15 is 0 Å². The second kappa shape index (κ2) is 8.08. The van der Waals surface area contributed by atoms with Crippen LogP contribution >= 0.6 is 0 Å². The van der Waals surface area contributed by atoms with Gasteiger partial charge < -0.3 is 0 Å². The summed E-state index contributed by atoms with van der Waals surface area (Å²) in [6, 6.07) is 47.8. The van der Waals surface area contributed by atoms with Crippen LogP contribution in [0.25, 0.3) is 54.9 Å². The Kier molecular flexibility index (Phi) is 4.36. The van der Waals surface area contributed by atoms with Crippen LogP contribution in [-0.2, 0) is 0 Å². The van der Waals surface area contributed by atoms with Crippen LogP contribution in [0.1, 0.15) is 0 Å². The lowest BCUT2D eigenvalue weighted by Gasteiger charge is -2.18. The predicted molar refractivity (Wildman–Crippen MR) is 164 cm³/mol. The molecule has 40 heavy (non-hydrogen) atoms. The van der Waals surface area contributed by atoms with Crippen LogP contribution in [0.15, 0.2) is 143 Å². The van der Waals surface area contributed by atoms with Crippen LogP contribution in [0, 0.1) is 10.4 Å². The number of fused-ring (bicyclic) bond motifs is 8. The van der Waals surface area contributed by atoms with E-state index in [9.17, 15) is 0 Å². The van der Waals surface area contributed by atoms with Crippen molar-refractivity contribution < 1.29 is 0 Å². The number of nitrogens with zero attached hydrogens (tertiary/aromatic N) is 2. The highest BCUT2D eigenvalue weighted by Crippen LogP contribution is 2.50. The Hall–Kier alpha value is -5.34. The number of benzene rings is 7. The Balaban J connectivity index is 1.45. The SMILES string of the molecule is c1ccc(-c2ccc3c(c2-c2cccc4cc5ccccc5cc24)-c2c4c(ccc2=N3)=c2ccccc2=N4)cc1. The molecule has 0 aromatic heterocycles. The third-order valence-corrected chi connectivity index (χ3v) is 8.36. The summed E-state index contributed by atoms with van der Waals surface area (Å²) >= 11 is 0. The summed E-state index contributed by atoms with van der Waals surface area (Å²) in [6.07, 6.45) is 0. The molecule has 0 amide bonds. The molecule has 184 valence electrons. The predicted octanol–water partition coefficient (Wildman–Crippen LogP) is 8.81. The Morgan fingerprint density at radius 3 is 2.08 bits per heavy atom. The highest BCUT2D eigenvalue weighted by atomic mass is 14.8. The van der Waals surface area contributed by atoms with Gasteiger partial charge in [0.1, 0.15) is 0 Å². The molecule has 2 heteroatoms. The molecular formula is C38H22N2. The first-order valence-corrected chi connectivity index (χ1v) is 13.7. The largest absolute Gasteiger partial charge is 0.248 e. The van der Waals surface area contributed by atoms with Gasteiger partial charge in [0.15, 0.2) is 0 Å². The van der Waals surface area contributed by atoms with Crippen molar-refractivity contribution in [1.82, 2.24) is 0 Å². The van der Waals surface area contributed by atoms with Gasteiger partial charge in [0.05, 0.1) is 22.1 Å². The van der Waals surface area contributed by atoms with E-state index in [-0.39, 0.29) is 0 Å². The number of rotatable bonds is 2. The molecule has 0 saturated carbocycles. The minimum atomic E-state index is 0.988. The zero-order valence-electron chi connectivity index (χ0n) is 21.6.